The lowest BCUT2D eigenvalue weighted by atomic mass is 10.1. The van der Waals surface area contributed by atoms with Crippen LogP contribution < -0.4 is 14.8 Å². The van der Waals surface area contributed by atoms with Gasteiger partial charge < -0.3 is 14.8 Å². The van der Waals surface area contributed by atoms with E-state index in [0.29, 0.717) is 34.6 Å². The van der Waals surface area contributed by atoms with E-state index in [1.165, 1.54) is 11.8 Å². The first kappa shape index (κ1) is 21.6. The van der Waals surface area contributed by atoms with Crippen molar-refractivity contribution in [2.45, 2.75) is 11.6 Å². The number of nitriles is 1. The largest absolute Gasteiger partial charge is 0.454 e. The Kier molecular flexibility index (Phi) is 6.14. The van der Waals surface area contributed by atoms with Gasteiger partial charge in [-0.05, 0) is 48.0 Å². The van der Waals surface area contributed by atoms with Crippen molar-refractivity contribution in [3.05, 3.63) is 78.4 Å². The van der Waals surface area contributed by atoms with Crippen molar-refractivity contribution in [1.82, 2.24) is 14.8 Å². The zero-order valence-electron chi connectivity index (χ0n) is 18.0. The zero-order valence-corrected chi connectivity index (χ0v) is 18.8. The fourth-order valence-electron chi connectivity index (χ4n) is 3.52. The third kappa shape index (κ3) is 4.58. The van der Waals surface area contributed by atoms with Gasteiger partial charge in [0.25, 0.3) is 0 Å². The average molecular weight is 470 g/mol. The van der Waals surface area contributed by atoms with Gasteiger partial charge in [-0.15, -0.1) is 10.2 Å². The van der Waals surface area contributed by atoms with Crippen molar-refractivity contribution in [1.29, 1.82) is 5.26 Å². The van der Waals surface area contributed by atoms with Gasteiger partial charge in [-0.1, -0.05) is 42.1 Å². The number of para-hydroxylation sites is 1. The molecule has 0 bridgehead atoms. The fourth-order valence-corrected chi connectivity index (χ4v) is 4.27. The Morgan fingerprint density at radius 1 is 1.03 bits per heavy atom. The summed E-state index contributed by atoms with van der Waals surface area (Å²) in [7, 11) is 0. The van der Waals surface area contributed by atoms with Gasteiger partial charge in [0.05, 0.1) is 18.2 Å². The van der Waals surface area contributed by atoms with Gasteiger partial charge in [-0.2, -0.15) is 5.26 Å². The number of carbonyl (C=O) groups is 1. The molecule has 9 heteroatoms. The molecule has 0 fully saturated rings. The fraction of sp³-hybridized carbons (Fsp3) is 0.120. The monoisotopic (exact) mass is 469 g/mol. The van der Waals surface area contributed by atoms with Crippen molar-refractivity contribution in [3.8, 4) is 34.6 Å². The minimum Gasteiger partial charge on any atom is -0.454 e. The molecule has 168 valence electrons. The Bertz CT molecular complexity index is 1360. The summed E-state index contributed by atoms with van der Waals surface area (Å²) < 4.78 is 12.9. The molecule has 1 aliphatic rings. The van der Waals surface area contributed by atoms with Gasteiger partial charge in [0.2, 0.25) is 12.7 Å². The molecule has 8 nitrogen and oxygen atoms in total. The van der Waals surface area contributed by atoms with Crippen molar-refractivity contribution in [3.63, 3.8) is 0 Å². The van der Waals surface area contributed by atoms with E-state index in [1.54, 1.807) is 12.1 Å². The Balaban J connectivity index is 1.36. The summed E-state index contributed by atoms with van der Waals surface area (Å²) in [6.45, 7) is 0.196. The molecule has 5 rings (SSSR count). The maximum absolute atomic E-state index is 12.6. The van der Waals surface area contributed by atoms with E-state index in [-0.39, 0.29) is 18.5 Å². The number of carbonyl (C=O) groups excluding carboxylic acids is 1. The van der Waals surface area contributed by atoms with E-state index in [4.69, 9.17) is 14.7 Å². The van der Waals surface area contributed by atoms with Gasteiger partial charge in [-0.25, -0.2) is 0 Å². The minimum absolute atomic E-state index is 0.159. The molecule has 34 heavy (non-hydrogen) atoms. The molecule has 4 aromatic rings. The number of anilines is 1. The summed E-state index contributed by atoms with van der Waals surface area (Å²) in [6, 6.07) is 24.7. The Morgan fingerprint density at radius 3 is 2.62 bits per heavy atom. The van der Waals surface area contributed by atoms with E-state index in [2.05, 4.69) is 21.6 Å². The van der Waals surface area contributed by atoms with E-state index in [1.807, 2.05) is 65.2 Å². The van der Waals surface area contributed by atoms with Crippen LogP contribution in [0.2, 0.25) is 0 Å². The molecule has 0 radical (unpaired) electrons. The number of ether oxygens (including phenoxy) is 2. The highest BCUT2D eigenvalue weighted by Crippen LogP contribution is 2.37. The standard InChI is InChI=1S/C25H19N5O3S/c26-13-12-17-6-9-19(10-7-17)27-23(31)15-34-25-29-28-24(30(25)20-4-2-1-3-5-20)18-8-11-21-22(14-18)33-16-32-21/h1-11,14H,12,15-16H2,(H,27,31). The third-order valence-corrected chi connectivity index (χ3v) is 6.06. The summed E-state index contributed by atoms with van der Waals surface area (Å²) in [5.41, 5.74) is 3.30. The van der Waals surface area contributed by atoms with Gasteiger partial charge in [0.15, 0.2) is 22.5 Å². The molecular weight excluding hydrogens is 450 g/mol. The first-order valence-electron chi connectivity index (χ1n) is 10.5. The van der Waals surface area contributed by atoms with Gasteiger partial charge >= 0.3 is 0 Å². The number of aromatic nitrogens is 3. The number of hydrogen-bond acceptors (Lipinski definition) is 7. The van der Waals surface area contributed by atoms with Crippen LogP contribution in [0.5, 0.6) is 11.5 Å². The van der Waals surface area contributed by atoms with Crippen LogP contribution in [0.15, 0.2) is 78.0 Å². The smallest absolute Gasteiger partial charge is 0.234 e. The third-order valence-electron chi connectivity index (χ3n) is 5.13. The predicted octanol–water partition coefficient (Wildman–Crippen LogP) is 4.46. The lowest BCUT2D eigenvalue weighted by Crippen LogP contribution is -2.14. The highest BCUT2D eigenvalue weighted by atomic mass is 32.2. The summed E-state index contributed by atoms with van der Waals surface area (Å²) in [6.07, 6.45) is 0.338. The molecule has 0 spiro atoms. The second-order valence-corrected chi connectivity index (χ2v) is 8.36. The van der Waals surface area contributed by atoms with Crippen molar-refractivity contribution in [2.24, 2.45) is 0 Å². The summed E-state index contributed by atoms with van der Waals surface area (Å²) in [5, 5.41) is 21.0. The van der Waals surface area contributed by atoms with Crippen LogP contribution in [0.25, 0.3) is 17.1 Å². The normalized spacial score (nSPS) is 11.7. The van der Waals surface area contributed by atoms with Crippen LogP contribution in [0.3, 0.4) is 0 Å². The number of amides is 1. The lowest BCUT2D eigenvalue weighted by Gasteiger charge is -2.11. The van der Waals surface area contributed by atoms with Crippen LogP contribution in [0.1, 0.15) is 5.56 Å². The molecule has 1 amide bonds. The van der Waals surface area contributed by atoms with E-state index >= 15 is 0 Å². The van der Waals surface area contributed by atoms with Crippen LogP contribution in [0, 0.1) is 11.3 Å². The van der Waals surface area contributed by atoms with Crippen LogP contribution in [-0.4, -0.2) is 33.2 Å². The number of hydrogen-bond donors (Lipinski definition) is 1. The van der Waals surface area contributed by atoms with Gasteiger partial charge in [0.1, 0.15) is 0 Å². The highest BCUT2D eigenvalue weighted by Gasteiger charge is 2.20. The lowest BCUT2D eigenvalue weighted by molar-refractivity contribution is -0.113. The molecule has 0 saturated heterocycles. The average Bonchev–Trinajstić information content (AvgIpc) is 3.51. The number of thioether (sulfide) groups is 1. The summed E-state index contributed by atoms with van der Waals surface area (Å²) in [4.78, 5) is 12.6. The maximum Gasteiger partial charge on any atom is 0.234 e. The summed E-state index contributed by atoms with van der Waals surface area (Å²) in [5.74, 6) is 1.99. The predicted molar refractivity (Wildman–Crippen MR) is 128 cm³/mol. The Hall–Kier alpha value is -4.29. The first-order valence-corrected chi connectivity index (χ1v) is 11.5. The van der Waals surface area contributed by atoms with E-state index in [0.717, 1.165) is 16.8 Å². The molecule has 0 aliphatic carbocycles. The van der Waals surface area contributed by atoms with Gasteiger partial charge in [-0.3, -0.25) is 9.36 Å². The molecule has 1 aliphatic heterocycles. The number of benzene rings is 3. The summed E-state index contributed by atoms with van der Waals surface area (Å²) >= 11 is 1.30. The number of rotatable bonds is 7. The molecule has 2 heterocycles. The quantitative estimate of drug-likeness (QED) is 0.399. The minimum atomic E-state index is -0.162. The maximum atomic E-state index is 12.6. The topological polar surface area (TPSA) is 102 Å². The second kappa shape index (κ2) is 9.68. The van der Waals surface area contributed by atoms with Gasteiger partial charge in [0, 0.05) is 16.9 Å². The zero-order chi connectivity index (χ0) is 23.3. The highest BCUT2D eigenvalue weighted by molar-refractivity contribution is 7.99. The molecule has 0 unspecified atom stereocenters. The molecule has 3 aromatic carbocycles. The van der Waals surface area contributed by atoms with E-state index in [9.17, 15) is 4.79 Å². The first-order chi connectivity index (χ1) is 16.7. The second-order valence-electron chi connectivity index (χ2n) is 7.41. The van der Waals surface area contributed by atoms with Crippen molar-refractivity contribution < 1.29 is 14.3 Å². The molecular formula is C25H19N5O3S. The van der Waals surface area contributed by atoms with Crippen molar-refractivity contribution in [2.75, 3.05) is 17.9 Å². The molecule has 0 saturated carbocycles. The van der Waals surface area contributed by atoms with Crippen LogP contribution >= 0.6 is 11.8 Å². The number of nitrogens with zero attached hydrogens (tertiary/aromatic N) is 4. The van der Waals surface area contributed by atoms with Crippen molar-refractivity contribution >= 4 is 23.4 Å². The number of fused-ring (bicyclic) bond motifs is 1. The van der Waals surface area contributed by atoms with E-state index < -0.39 is 0 Å². The Labute approximate surface area is 200 Å². The Morgan fingerprint density at radius 2 is 1.82 bits per heavy atom. The molecule has 1 N–H and O–H groups in total. The molecule has 0 atom stereocenters. The van der Waals surface area contributed by atoms with Crippen LogP contribution in [-0.2, 0) is 11.2 Å². The SMILES string of the molecule is N#CCc1ccc(NC(=O)CSc2nnc(-c3ccc4c(c3)OCO4)n2-c2ccccc2)cc1. The van der Waals surface area contributed by atoms with Crippen LogP contribution in [0.4, 0.5) is 5.69 Å². The molecule has 1 aromatic heterocycles. The number of nitrogens with one attached hydrogen (secondary N) is 1.